The van der Waals surface area contributed by atoms with Gasteiger partial charge in [0.2, 0.25) is 0 Å². The van der Waals surface area contributed by atoms with E-state index in [4.69, 9.17) is 13.9 Å². The smallest absolute Gasteiger partial charge is 0.339 e. The predicted molar refractivity (Wildman–Crippen MR) is 136 cm³/mol. The van der Waals surface area contributed by atoms with E-state index in [1.54, 1.807) is 13.2 Å². The van der Waals surface area contributed by atoms with Crippen LogP contribution in [-0.4, -0.2) is 49.0 Å². The van der Waals surface area contributed by atoms with E-state index < -0.39 is 5.63 Å². The molecular weight excluding hydrogens is 444 g/mol. The molecular formula is C28H30N2O5. The molecule has 0 bridgehead atoms. The van der Waals surface area contributed by atoms with Crippen molar-refractivity contribution < 1.29 is 18.7 Å². The number of carbonyl (C=O) groups is 1. The normalized spacial score (nSPS) is 15.1. The summed E-state index contributed by atoms with van der Waals surface area (Å²) in [6.07, 6.45) is 1.88. The molecule has 1 aliphatic rings. The number of hydrogen-bond acceptors (Lipinski definition) is 6. The molecule has 1 saturated heterocycles. The molecule has 0 amide bonds. The van der Waals surface area contributed by atoms with Crippen LogP contribution in [0.25, 0.3) is 21.9 Å². The third-order valence-electron chi connectivity index (χ3n) is 6.84. The van der Waals surface area contributed by atoms with Gasteiger partial charge >= 0.3 is 5.63 Å². The summed E-state index contributed by atoms with van der Waals surface area (Å²) in [4.78, 5) is 31.3. The van der Waals surface area contributed by atoms with Crippen molar-refractivity contribution in [2.24, 2.45) is 0 Å². The lowest BCUT2D eigenvalue weighted by atomic mass is 10.0. The molecule has 35 heavy (non-hydrogen) atoms. The van der Waals surface area contributed by atoms with Crippen LogP contribution in [0.4, 0.5) is 0 Å². The first-order valence-electron chi connectivity index (χ1n) is 11.9. The average molecular weight is 475 g/mol. The Bertz CT molecular complexity index is 1470. The number of aromatic amines is 1. The number of benzene rings is 2. The fourth-order valence-corrected chi connectivity index (χ4v) is 4.79. The van der Waals surface area contributed by atoms with Crippen LogP contribution in [0.1, 0.15) is 40.0 Å². The summed E-state index contributed by atoms with van der Waals surface area (Å²) in [6.45, 7) is 5.83. The second-order valence-electron chi connectivity index (χ2n) is 9.50. The van der Waals surface area contributed by atoms with Crippen LogP contribution in [-0.2, 0) is 6.42 Å². The average Bonchev–Trinajstić information content (AvgIpc) is 3.26. The van der Waals surface area contributed by atoms with Crippen LogP contribution >= 0.6 is 0 Å². The van der Waals surface area contributed by atoms with E-state index in [1.165, 1.54) is 0 Å². The Balaban J connectivity index is 1.45. The van der Waals surface area contributed by atoms with E-state index in [9.17, 15) is 9.59 Å². The highest BCUT2D eigenvalue weighted by molar-refractivity contribution is 6.00. The van der Waals surface area contributed by atoms with Gasteiger partial charge in [-0.1, -0.05) is 11.6 Å². The molecule has 1 fully saturated rings. The van der Waals surface area contributed by atoms with Crippen LogP contribution in [0.3, 0.4) is 0 Å². The Kier molecular flexibility index (Phi) is 6.11. The minimum atomic E-state index is -0.517. The predicted octanol–water partition coefficient (Wildman–Crippen LogP) is 4.80. The number of nitrogens with one attached hydrogen (secondary N) is 1. The summed E-state index contributed by atoms with van der Waals surface area (Å²) in [6, 6.07) is 11.3. The number of ether oxygens (including phenoxy) is 2. The summed E-state index contributed by atoms with van der Waals surface area (Å²) in [5.41, 5.74) is 3.45. The van der Waals surface area contributed by atoms with E-state index in [2.05, 4.69) is 16.9 Å². The number of Topliss-reactive ketones (excluding diaryl/α,β-unsaturated/α-hetero) is 1. The third-order valence-corrected chi connectivity index (χ3v) is 6.84. The number of aryl methyl sites for hydroxylation is 2. The van der Waals surface area contributed by atoms with Crippen molar-refractivity contribution in [3.05, 3.63) is 69.2 Å². The standard InChI is InChI=1S/C28H30N2O5/c1-16-5-6-22-18(11-16)13-23(29-22)24(31)14-20-12-19-15-25(33-4)27(17(2)26(19)35-28(20)32)34-21-7-9-30(3)10-8-21/h5-6,11-13,15,21,29H,7-10,14H2,1-4H3. The molecule has 182 valence electrons. The number of carbonyl (C=O) groups excluding carboxylic acids is 1. The summed E-state index contributed by atoms with van der Waals surface area (Å²) in [5.74, 6) is 1.03. The van der Waals surface area contributed by atoms with Gasteiger partial charge in [0, 0.05) is 46.9 Å². The molecule has 2 aromatic heterocycles. The van der Waals surface area contributed by atoms with Crippen LogP contribution < -0.4 is 15.1 Å². The number of fused-ring (bicyclic) bond motifs is 2. The van der Waals surface area contributed by atoms with Crippen molar-refractivity contribution in [3.63, 3.8) is 0 Å². The van der Waals surface area contributed by atoms with Crippen molar-refractivity contribution in [2.45, 2.75) is 39.2 Å². The van der Waals surface area contributed by atoms with Crippen LogP contribution in [0.2, 0.25) is 0 Å². The Morgan fingerprint density at radius 1 is 1.11 bits per heavy atom. The molecule has 4 aromatic rings. The Labute approximate surface area is 203 Å². The fraction of sp³-hybridized carbons (Fsp3) is 0.357. The van der Waals surface area contributed by atoms with Gasteiger partial charge in [-0.05, 0) is 64.1 Å². The highest BCUT2D eigenvalue weighted by Crippen LogP contribution is 2.38. The minimum Gasteiger partial charge on any atom is -0.493 e. The number of rotatable bonds is 6. The summed E-state index contributed by atoms with van der Waals surface area (Å²) < 4.78 is 17.7. The lowest BCUT2D eigenvalue weighted by molar-refractivity contribution is 0.0988. The number of piperidine rings is 1. The lowest BCUT2D eigenvalue weighted by Gasteiger charge is -2.30. The van der Waals surface area contributed by atoms with Crippen LogP contribution in [0, 0.1) is 13.8 Å². The van der Waals surface area contributed by atoms with Gasteiger partial charge in [0.1, 0.15) is 11.7 Å². The molecule has 1 N–H and O–H groups in total. The molecule has 0 saturated carbocycles. The Morgan fingerprint density at radius 3 is 2.63 bits per heavy atom. The number of H-pyrrole nitrogens is 1. The summed E-state index contributed by atoms with van der Waals surface area (Å²) in [5, 5.41) is 1.67. The van der Waals surface area contributed by atoms with Gasteiger partial charge in [0.25, 0.3) is 0 Å². The van der Waals surface area contributed by atoms with Crippen LogP contribution in [0.5, 0.6) is 11.5 Å². The van der Waals surface area contributed by atoms with Gasteiger partial charge in [-0.25, -0.2) is 4.79 Å². The molecule has 0 radical (unpaired) electrons. The maximum Gasteiger partial charge on any atom is 0.339 e. The largest absolute Gasteiger partial charge is 0.493 e. The van der Waals surface area contributed by atoms with E-state index in [-0.39, 0.29) is 18.3 Å². The van der Waals surface area contributed by atoms with Gasteiger partial charge in [-0.3, -0.25) is 4.79 Å². The van der Waals surface area contributed by atoms with E-state index >= 15 is 0 Å². The zero-order chi connectivity index (χ0) is 24.7. The van der Waals surface area contributed by atoms with Gasteiger partial charge in [-0.2, -0.15) is 0 Å². The highest BCUT2D eigenvalue weighted by atomic mass is 16.5. The molecule has 0 atom stereocenters. The molecule has 2 aromatic carbocycles. The van der Waals surface area contributed by atoms with Gasteiger partial charge in [0.15, 0.2) is 17.3 Å². The van der Waals surface area contributed by atoms with E-state index in [0.29, 0.717) is 33.7 Å². The first kappa shape index (κ1) is 23.2. The first-order valence-corrected chi connectivity index (χ1v) is 11.9. The van der Waals surface area contributed by atoms with E-state index in [1.807, 2.05) is 44.2 Å². The van der Waals surface area contributed by atoms with Crippen molar-refractivity contribution in [2.75, 3.05) is 27.2 Å². The molecule has 7 heteroatoms. The number of nitrogens with zero attached hydrogens (tertiary/aromatic N) is 1. The zero-order valence-electron chi connectivity index (χ0n) is 20.6. The lowest BCUT2D eigenvalue weighted by Crippen LogP contribution is -2.35. The van der Waals surface area contributed by atoms with Crippen molar-refractivity contribution in [3.8, 4) is 11.5 Å². The van der Waals surface area contributed by atoms with E-state index in [0.717, 1.165) is 48.0 Å². The Morgan fingerprint density at radius 2 is 1.89 bits per heavy atom. The molecule has 1 aliphatic heterocycles. The number of hydrogen-bond donors (Lipinski definition) is 1. The number of likely N-dealkylation sites (tertiary alicyclic amines) is 1. The van der Waals surface area contributed by atoms with Crippen LogP contribution in [0.15, 0.2) is 45.6 Å². The maximum atomic E-state index is 13.0. The molecule has 7 nitrogen and oxygen atoms in total. The van der Waals surface area contributed by atoms with Crippen molar-refractivity contribution in [1.82, 2.24) is 9.88 Å². The second kappa shape index (κ2) is 9.23. The summed E-state index contributed by atoms with van der Waals surface area (Å²) >= 11 is 0. The SMILES string of the molecule is COc1cc2cc(CC(=O)c3cc4cc(C)ccc4[nH]3)c(=O)oc2c(C)c1OC1CCN(C)CC1. The Hall–Kier alpha value is -3.58. The van der Waals surface area contributed by atoms with Crippen molar-refractivity contribution >= 4 is 27.7 Å². The quantitative estimate of drug-likeness (QED) is 0.319. The topological polar surface area (TPSA) is 84.8 Å². The minimum absolute atomic E-state index is 0.0563. The zero-order valence-corrected chi connectivity index (χ0v) is 20.6. The second-order valence-corrected chi connectivity index (χ2v) is 9.50. The number of ketones is 1. The fourth-order valence-electron chi connectivity index (χ4n) is 4.79. The molecule has 5 rings (SSSR count). The van der Waals surface area contributed by atoms with Gasteiger partial charge in [0.05, 0.1) is 12.8 Å². The molecule has 3 heterocycles. The maximum absolute atomic E-state index is 13.0. The highest BCUT2D eigenvalue weighted by Gasteiger charge is 2.23. The number of aromatic nitrogens is 1. The molecule has 0 unspecified atom stereocenters. The molecule has 0 spiro atoms. The van der Waals surface area contributed by atoms with Gasteiger partial charge in [-0.15, -0.1) is 0 Å². The summed E-state index contributed by atoms with van der Waals surface area (Å²) in [7, 11) is 3.71. The molecule has 0 aliphatic carbocycles. The van der Waals surface area contributed by atoms with Gasteiger partial charge < -0.3 is 23.8 Å². The van der Waals surface area contributed by atoms with Crippen molar-refractivity contribution in [1.29, 1.82) is 0 Å². The third kappa shape index (κ3) is 4.56. The number of methoxy groups -OCH3 is 1. The monoisotopic (exact) mass is 474 g/mol. The first-order chi connectivity index (χ1) is 16.8.